The van der Waals surface area contributed by atoms with Gasteiger partial charge < -0.3 is 10.6 Å². The van der Waals surface area contributed by atoms with Gasteiger partial charge in [-0.3, -0.25) is 0 Å². The van der Waals surface area contributed by atoms with Crippen molar-refractivity contribution in [3.63, 3.8) is 0 Å². The minimum absolute atomic E-state index is 0.196. The molecule has 0 bridgehead atoms. The van der Waals surface area contributed by atoms with E-state index >= 15 is 0 Å². The van der Waals surface area contributed by atoms with E-state index in [1.165, 1.54) is 12.1 Å². The van der Waals surface area contributed by atoms with Crippen molar-refractivity contribution in [2.24, 2.45) is 0 Å². The Labute approximate surface area is 122 Å². The highest BCUT2D eigenvalue weighted by molar-refractivity contribution is 5.61. The molecular formula is C15H18F2N4. The van der Waals surface area contributed by atoms with Gasteiger partial charge >= 0.3 is 0 Å². The number of benzene rings is 1. The second kappa shape index (κ2) is 6.47. The zero-order chi connectivity index (χ0) is 15.4. The van der Waals surface area contributed by atoms with Crippen molar-refractivity contribution < 1.29 is 8.78 Å². The van der Waals surface area contributed by atoms with E-state index in [0.717, 1.165) is 0 Å². The van der Waals surface area contributed by atoms with Gasteiger partial charge in [0.2, 0.25) is 0 Å². The molecule has 0 unspecified atom stereocenters. The summed E-state index contributed by atoms with van der Waals surface area (Å²) in [6, 6.07) is 4.26. The summed E-state index contributed by atoms with van der Waals surface area (Å²) in [5.41, 5.74) is 0.175. The van der Waals surface area contributed by atoms with Gasteiger partial charge in [-0.15, -0.1) is 0 Å². The summed E-state index contributed by atoms with van der Waals surface area (Å²) in [6.07, 6.45) is 0.632. The van der Waals surface area contributed by atoms with Gasteiger partial charge in [-0.25, -0.2) is 18.7 Å². The Morgan fingerprint density at radius 2 is 1.81 bits per heavy atom. The fraction of sp³-hybridized carbons (Fsp3) is 0.333. The molecule has 112 valence electrons. The largest absolute Gasteiger partial charge is 0.370 e. The monoisotopic (exact) mass is 292 g/mol. The molecule has 0 aliphatic rings. The molecule has 2 aromatic rings. The number of anilines is 3. The van der Waals surface area contributed by atoms with Crippen LogP contribution in [0.5, 0.6) is 0 Å². The molecule has 0 fully saturated rings. The zero-order valence-electron chi connectivity index (χ0n) is 12.3. The summed E-state index contributed by atoms with van der Waals surface area (Å²) in [5.74, 6) is 0.322. The van der Waals surface area contributed by atoms with Crippen LogP contribution < -0.4 is 10.6 Å². The molecule has 0 aliphatic heterocycles. The standard InChI is InChI=1S/C15H18F2N4/c1-4-11-19-12(18-5-2)8-13(20-11)21-15-10(16)7-6-9(3)14(15)17/h6-8H,4-5H2,1-3H3,(H2,18,19,20,21). The predicted molar refractivity (Wildman–Crippen MR) is 80.0 cm³/mol. The summed E-state index contributed by atoms with van der Waals surface area (Å²) >= 11 is 0. The van der Waals surface area contributed by atoms with Crippen LogP contribution in [0, 0.1) is 18.6 Å². The molecule has 21 heavy (non-hydrogen) atoms. The molecule has 4 nitrogen and oxygen atoms in total. The van der Waals surface area contributed by atoms with Crippen LogP contribution in [0.4, 0.5) is 26.1 Å². The van der Waals surface area contributed by atoms with Crippen LogP contribution >= 0.6 is 0 Å². The first-order chi connectivity index (χ1) is 10.0. The van der Waals surface area contributed by atoms with Crippen LogP contribution in [-0.4, -0.2) is 16.5 Å². The van der Waals surface area contributed by atoms with Crippen molar-refractivity contribution in [1.82, 2.24) is 9.97 Å². The van der Waals surface area contributed by atoms with Crippen LogP contribution in [0.2, 0.25) is 0 Å². The van der Waals surface area contributed by atoms with Crippen molar-refractivity contribution in [2.45, 2.75) is 27.2 Å². The van der Waals surface area contributed by atoms with E-state index < -0.39 is 11.6 Å². The molecule has 0 radical (unpaired) electrons. The van der Waals surface area contributed by atoms with Gasteiger partial charge in [-0.1, -0.05) is 13.0 Å². The van der Waals surface area contributed by atoms with Gasteiger partial charge in [-0.2, -0.15) is 0 Å². The molecule has 0 spiro atoms. The summed E-state index contributed by atoms with van der Waals surface area (Å²) in [5, 5.41) is 5.78. The van der Waals surface area contributed by atoms with E-state index in [9.17, 15) is 8.78 Å². The Kier molecular flexibility index (Phi) is 4.67. The number of aromatic nitrogens is 2. The molecular weight excluding hydrogens is 274 g/mol. The lowest BCUT2D eigenvalue weighted by molar-refractivity contribution is 0.584. The topological polar surface area (TPSA) is 49.8 Å². The first-order valence-electron chi connectivity index (χ1n) is 6.88. The third-order valence-corrected chi connectivity index (χ3v) is 2.98. The van der Waals surface area contributed by atoms with Gasteiger partial charge in [0, 0.05) is 19.0 Å². The molecule has 1 heterocycles. The van der Waals surface area contributed by atoms with E-state index in [4.69, 9.17) is 0 Å². The van der Waals surface area contributed by atoms with Gasteiger partial charge in [0.1, 0.15) is 29.0 Å². The van der Waals surface area contributed by atoms with Crippen LogP contribution in [0.15, 0.2) is 18.2 Å². The van der Waals surface area contributed by atoms with Crippen LogP contribution in [-0.2, 0) is 6.42 Å². The van der Waals surface area contributed by atoms with Crippen molar-refractivity contribution in [3.05, 3.63) is 41.2 Å². The number of nitrogens with zero attached hydrogens (tertiary/aromatic N) is 2. The first kappa shape index (κ1) is 15.2. The van der Waals surface area contributed by atoms with Crippen LogP contribution in [0.25, 0.3) is 0 Å². The number of rotatable bonds is 5. The Morgan fingerprint density at radius 1 is 1.10 bits per heavy atom. The molecule has 2 N–H and O–H groups in total. The fourth-order valence-electron chi connectivity index (χ4n) is 1.89. The third-order valence-electron chi connectivity index (χ3n) is 2.98. The van der Waals surface area contributed by atoms with E-state index in [2.05, 4.69) is 20.6 Å². The first-order valence-corrected chi connectivity index (χ1v) is 6.88. The van der Waals surface area contributed by atoms with Gasteiger partial charge in [0.25, 0.3) is 0 Å². The molecule has 0 aliphatic carbocycles. The normalized spacial score (nSPS) is 10.5. The summed E-state index contributed by atoms with van der Waals surface area (Å²) in [7, 11) is 0. The average Bonchev–Trinajstić information content (AvgIpc) is 2.48. The Balaban J connectivity index is 2.39. The number of hydrogen-bond acceptors (Lipinski definition) is 4. The summed E-state index contributed by atoms with van der Waals surface area (Å²) in [4.78, 5) is 8.54. The molecule has 0 amide bonds. The second-order valence-corrected chi connectivity index (χ2v) is 4.62. The van der Waals surface area contributed by atoms with Crippen molar-refractivity contribution in [3.8, 4) is 0 Å². The highest BCUT2D eigenvalue weighted by atomic mass is 19.1. The number of nitrogens with one attached hydrogen (secondary N) is 2. The average molecular weight is 292 g/mol. The van der Waals surface area contributed by atoms with Crippen LogP contribution in [0.3, 0.4) is 0 Å². The summed E-state index contributed by atoms with van der Waals surface area (Å²) < 4.78 is 27.8. The lowest BCUT2D eigenvalue weighted by Gasteiger charge is -2.12. The second-order valence-electron chi connectivity index (χ2n) is 4.62. The number of halogens is 2. The maximum absolute atomic E-state index is 14.0. The molecule has 0 atom stereocenters. The lowest BCUT2D eigenvalue weighted by Crippen LogP contribution is -2.07. The maximum atomic E-state index is 14.0. The molecule has 0 saturated heterocycles. The fourth-order valence-corrected chi connectivity index (χ4v) is 1.89. The zero-order valence-corrected chi connectivity index (χ0v) is 12.3. The van der Waals surface area contributed by atoms with Crippen LogP contribution in [0.1, 0.15) is 25.2 Å². The molecule has 0 saturated carbocycles. The van der Waals surface area contributed by atoms with Gasteiger partial charge in [0.05, 0.1) is 0 Å². The Morgan fingerprint density at radius 3 is 2.48 bits per heavy atom. The van der Waals surface area contributed by atoms with E-state index in [0.29, 0.717) is 36.0 Å². The van der Waals surface area contributed by atoms with Crippen molar-refractivity contribution in [1.29, 1.82) is 0 Å². The Hall–Kier alpha value is -2.24. The van der Waals surface area contributed by atoms with E-state index in [1.54, 1.807) is 13.0 Å². The highest BCUT2D eigenvalue weighted by Crippen LogP contribution is 2.25. The maximum Gasteiger partial charge on any atom is 0.152 e. The van der Waals surface area contributed by atoms with Gasteiger partial charge in [0.15, 0.2) is 5.82 Å². The van der Waals surface area contributed by atoms with Crippen molar-refractivity contribution >= 4 is 17.3 Å². The quantitative estimate of drug-likeness (QED) is 0.880. The van der Waals surface area contributed by atoms with Crippen molar-refractivity contribution in [2.75, 3.05) is 17.2 Å². The smallest absolute Gasteiger partial charge is 0.152 e. The SMILES string of the molecule is CCNc1cc(Nc2c(F)ccc(C)c2F)nc(CC)n1. The number of hydrogen-bond donors (Lipinski definition) is 2. The lowest BCUT2D eigenvalue weighted by atomic mass is 10.2. The van der Waals surface area contributed by atoms with Gasteiger partial charge in [-0.05, 0) is 25.5 Å². The molecule has 2 rings (SSSR count). The molecule has 6 heteroatoms. The molecule has 1 aromatic carbocycles. The predicted octanol–water partition coefficient (Wildman–Crippen LogP) is 3.80. The Bertz CT molecular complexity index is 644. The highest BCUT2D eigenvalue weighted by Gasteiger charge is 2.13. The summed E-state index contributed by atoms with van der Waals surface area (Å²) in [6.45, 7) is 6.15. The third kappa shape index (κ3) is 3.45. The van der Waals surface area contributed by atoms with E-state index in [1.807, 2.05) is 13.8 Å². The minimum Gasteiger partial charge on any atom is -0.370 e. The minimum atomic E-state index is -0.653. The molecule has 1 aromatic heterocycles. The number of aryl methyl sites for hydroxylation is 2. The van der Waals surface area contributed by atoms with E-state index in [-0.39, 0.29) is 5.69 Å².